The van der Waals surface area contributed by atoms with Crippen molar-refractivity contribution in [1.29, 1.82) is 0 Å². The normalized spacial score (nSPS) is 13.2. The monoisotopic (exact) mass is 388 g/mol. The third kappa shape index (κ3) is 5.55. The van der Waals surface area contributed by atoms with Gasteiger partial charge in [-0.1, -0.05) is 24.3 Å². The van der Waals surface area contributed by atoms with Crippen LogP contribution in [0.3, 0.4) is 0 Å². The minimum absolute atomic E-state index is 0.0503. The molecule has 3 rings (SSSR count). The smallest absolute Gasteiger partial charge is 0.240 e. The number of amides is 1. The fraction of sp³-hybridized carbons (Fsp3) is 0.350. The number of rotatable bonds is 9. The van der Waals surface area contributed by atoms with Gasteiger partial charge in [-0.3, -0.25) is 4.79 Å². The Labute approximate surface area is 160 Å². The molecule has 0 spiro atoms. The summed E-state index contributed by atoms with van der Waals surface area (Å²) in [4.78, 5) is 12.0. The molecule has 0 saturated heterocycles. The van der Waals surface area contributed by atoms with Gasteiger partial charge < -0.3 is 10.1 Å². The number of fused-ring (bicyclic) bond motifs is 1. The molecule has 1 aliphatic rings. The average molecular weight is 388 g/mol. The molecule has 0 bridgehead atoms. The van der Waals surface area contributed by atoms with Gasteiger partial charge in [0.15, 0.2) is 0 Å². The third-order valence-corrected chi connectivity index (χ3v) is 5.94. The quantitative estimate of drug-likeness (QED) is 0.644. The number of hydrogen-bond donors (Lipinski definition) is 2. The van der Waals surface area contributed by atoms with Gasteiger partial charge in [-0.15, -0.1) is 0 Å². The summed E-state index contributed by atoms with van der Waals surface area (Å²) in [5.74, 6) is 0.601. The molecule has 27 heavy (non-hydrogen) atoms. The number of nitrogens with one attached hydrogen (secondary N) is 2. The first-order valence-corrected chi connectivity index (χ1v) is 10.6. The summed E-state index contributed by atoms with van der Waals surface area (Å²) in [6.07, 6.45) is 3.51. The third-order valence-electron chi connectivity index (χ3n) is 4.46. The van der Waals surface area contributed by atoms with E-state index in [2.05, 4.69) is 22.2 Å². The standard InChI is InChI=1S/C20H24N2O4S/c23-20(11-12-22-27(24,25)19-7-2-1-3-8-19)21-13-14-26-18-10-9-16-5-4-6-17(16)15-18/h1-3,7-10,15,22H,4-6,11-14H2,(H,21,23). The molecule has 2 aromatic rings. The lowest BCUT2D eigenvalue weighted by atomic mass is 10.1. The maximum atomic E-state index is 12.0. The van der Waals surface area contributed by atoms with Crippen LogP contribution in [-0.2, 0) is 27.7 Å². The van der Waals surface area contributed by atoms with Crippen LogP contribution in [0.2, 0.25) is 0 Å². The van der Waals surface area contributed by atoms with Crippen molar-refractivity contribution in [2.75, 3.05) is 19.7 Å². The first-order valence-electron chi connectivity index (χ1n) is 9.10. The maximum Gasteiger partial charge on any atom is 0.240 e. The molecule has 0 atom stereocenters. The molecule has 1 aliphatic carbocycles. The first-order chi connectivity index (χ1) is 13.0. The highest BCUT2D eigenvalue weighted by molar-refractivity contribution is 7.89. The molecule has 0 aliphatic heterocycles. The van der Waals surface area contributed by atoms with Gasteiger partial charge in [0.05, 0.1) is 11.4 Å². The number of sulfonamides is 1. The molecule has 0 fully saturated rings. The molecule has 2 aromatic carbocycles. The van der Waals surface area contributed by atoms with Gasteiger partial charge in [-0.25, -0.2) is 13.1 Å². The van der Waals surface area contributed by atoms with Crippen LogP contribution in [0.1, 0.15) is 24.0 Å². The van der Waals surface area contributed by atoms with E-state index in [0.717, 1.165) is 18.6 Å². The predicted molar refractivity (Wildman–Crippen MR) is 103 cm³/mol. The topological polar surface area (TPSA) is 84.5 Å². The summed E-state index contributed by atoms with van der Waals surface area (Å²) < 4.78 is 32.2. The highest BCUT2D eigenvalue weighted by Gasteiger charge is 2.13. The molecule has 0 saturated carbocycles. The Hall–Kier alpha value is -2.38. The van der Waals surface area contributed by atoms with Gasteiger partial charge in [-0.05, 0) is 54.7 Å². The lowest BCUT2D eigenvalue weighted by Gasteiger charge is -2.10. The van der Waals surface area contributed by atoms with E-state index in [4.69, 9.17) is 4.74 Å². The van der Waals surface area contributed by atoms with Gasteiger partial charge in [0.25, 0.3) is 0 Å². The van der Waals surface area contributed by atoms with Crippen LogP contribution < -0.4 is 14.8 Å². The number of hydrogen-bond acceptors (Lipinski definition) is 4. The Kier molecular flexibility index (Phi) is 6.47. The van der Waals surface area contributed by atoms with E-state index in [1.807, 2.05) is 6.07 Å². The Morgan fingerprint density at radius 1 is 1.00 bits per heavy atom. The number of carbonyl (C=O) groups excluding carboxylic acids is 1. The van der Waals surface area contributed by atoms with Crippen LogP contribution >= 0.6 is 0 Å². The van der Waals surface area contributed by atoms with Gasteiger partial charge in [0, 0.05) is 13.0 Å². The first kappa shape index (κ1) is 19.4. The molecule has 7 heteroatoms. The minimum atomic E-state index is -3.58. The number of aryl methyl sites for hydroxylation is 2. The Morgan fingerprint density at radius 3 is 2.59 bits per heavy atom. The lowest BCUT2D eigenvalue weighted by molar-refractivity contribution is -0.121. The van der Waals surface area contributed by atoms with E-state index in [9.17, 15) is 13.2 Å². The van der Waals surface area contributed by atoms with Crippen LogP contribution in [-0.4, -0.2) is 34.0 Å². The van der Waals surface area contributed by atoms with Gasteiger partial charge in [-0.2, -0.15) is 0 Å². The van der Waals surface area contributed by atoms with E-state index in [-0.39, 0.29) is 23.8 Å². The molecule has 0 heterocycles. The van der Waals surface area contributed by atoms with E-state index in [1.54, 1.807) is 18.2 Å². The van der Waals surface area contributed by atoms with E-state index >= 15 is 0 Å². The zero-order valence-electron chi connectivity index (χ0n) is 15.1. The van der Waals surface area contributed by atoms with Crippen molar-refractivity contribution >= 4 is 15.9 Å². The second-order valence-corrected chi connectivity index (χ2v) is 8.21. The van der Waals surface area contributed by atoms with Crippen molar-refractivity contribution in [3.05, 3.63) is 59.7 Å². The van der Waals surface area contributed by atoms with Crippen LogP contribution in [0.15, 0.2) is 53.4 Å². The minimum Gasteiger partial charge on any atom is -0.492 e. The lowest BCUT2D eigenvalue weighted by Crippen LogP contribution is -2.32. The molecule has 1 amide bonds. The zero-order valence-corrected chi connectivity index (χ0v) is 15.9. The van der Waals surface area contributed by atoms with Crippen LogP contribution in [0, 0.1) is 0 Å². The summed E-state index contributed by atoms with van der Waals surface area (Å²) in [5, 5.41) is 2.73. The maximum absolute atomic E-state index is 12.0. The van der Waals surface area contributed by atoms with E-state index in [0.29, 0.717) is 13.2 Å². The molecular weight excluding hydrogens is 364 g/mol. The molecule has 144 valence electrons. The second kappa shape index (κ2) is 9.01. The largest absolute Gasteiger partial charge is 0.492 e. The van der Waals surface area contributed by atoms with Crippen molar-refractivity contribution in [3.63, 3.8) is 0 Å². The SMILES string of the molecule is O=C(CCNS(=O)(=O)c1ccccc1)NCCOc1ccc2c(c1)CCC2. The van der Waals surface area contributed by atoms with Crippen molar-refractivity contribution in [2.24, 2.45) is 0 Å². The Balaban J connectivity index is 1.33. The molecular formula is C20H24N2O4S. The molecule has 0 unspecified atom stereocenters. The second-order valence-electron chi connectivity index (χ2n) is 6.44. The summed E-state index contributed by atoms with van der Waals surface area (Å²) in [5.41, 5.74) is 2.75. The number of carbonyl (C=O) groups is 1. The van der Waals surface area contributed by atoms with Crippen LogP contribution in [0.5, 0.6) is 5.75 Å². The van der Waals surface area contributed by atoms with Crippen LogP contribution in [0.25, 0.3) is 0 Å². The van der Waals surface area contributed by atoms with Crippen LogP contribution in [0.4, 0.5) is 0 Å². The van der Waals surface area contributed by atoms with Crippen molar-refractivity contribution in [1.82, 2.24) is 10.0 Å². The number of ether oxygens (including phenoxy) is 1. The number of benzene rings is 2. The summed E-state index contributed by atoms with van der Waals surface area (Å²) in [6, 6.07) is 14.2. The highest BCUT2D eigenvalue weighted by atomic mass is 32.2. The van der Waals surface area contributed by atoms with E-state index in [1.165, 1.54) is 29.7 Å². The van der Waals surface area contributed by atoms with E-state index < -0.39 is 10.0 Å². The fourth-order valence-electron chi connectivity index (χ4n) is 3.07. The molecule has 0 aromatic heterocycles. The van der Waals surface area contributed by atoms with Crippen molar-refractivity contribution < 1.29 is 17.9 Å². The van der Waals surface area contributed by atoms with Gasteiger partial charge in [0.1, 0.15) is 12.4 Å². The zero-order chi connectivity index (χ0) is 19.1. The molecule has 6 nitrogen and oxygen atoms in total. The summed E-state index contributed by atoms with van der Waals surface area (Å²) >= 11 is 0. The average Bonchev–Trinajstić information content (AvgIpc) is 3.14. The summed E-state index contributed by atoms with van der Waals surface area (Å²) in [7, 11) is -3.58. The molecule has 2 N–H and O–H groups in total. The Morgan fingerprint density at radius 2 is 1.78 bits per heavy atom. The highest BCUT2D eigenvalue weighted by Crippen LogP contribution is 2.25. The van der Waals surface area contributed by atoms with Crippen molar-refractivity contribution in [3.8, 4) is 5.75 Å². The molecule has 0 radical (unpaired) electrons. The fourth-order valence-corrected chi connectivity index (χ4v) is 4.12. The summed E-state index contributed by atoms with van der Waals surface area (Å²) in [6.45, 7) is 0.802. The van der Waals surface area contributed by atoms with Gasteiger partial charge >= 0.3 is 0 Å². The van der Waals surface area contributed by atoms with Gasteiger partial charge in [0.2, 0.25) is 15.9 Å². The van der Waals surface area contributed by atoms with Crippen molar-refractivity contribution in [2.45, 2.75) is 30.6 Å². The Bertz CT molecular complexity index is 882. The predicted octanol–water partition coefficient (Wildman–Crippen LogP) is 2.04.